The maximum atomic E-state index is 12.3. The van der Waals surface area contributed by atoms with Gasteiger partial charge in [-0.15, -0.1) is 0 Å². The monoisotopic (exact) mass is 407 g/mol. The molecule has 0 bridgehead atoms. The lowest BCUT2D eigenvalue weighted by molar-refractivity contribution is -0.387. The zero-order chi connectivity index (χ0) is 20.7. The van der Waals surface area contributed by atoms with Gasteiger partial charge in [-0.25, -0.2) is 8.42 Å². The Morgan fingerprint density at radius 1 is 1.29 bits per heavy atom. The van der Waals surface area contributed by atoms with Crippen molar-refractivity contribution < 1.29 is 27.7 Å². The van der Waals surface area contributed by atoms with Gasteiger partial charge in [-0.2, -0.15) is 0 Å². The number of nitro groups is 1. The van der Waals surface area contributed by atoms with Gasteiger partial charge in [0, 0.05) is 30.6 Å². The first-order valence-corrected chi connectivity index (χ1v) is 9.73. The van der Waals surface area contributed by atoms with Crippen molar-refractivity contribution in [3.63, 3.8) is 0 Å². The molecular formula is C17H17N3O7S. The van der Waals surface area contributed by atoms with Crippen LogP contribution < -0.4 is 5.32 Å². The van der Waals surface area contributed by atoms with Crippen molar-refractivity contribution in [2.75, 3.05) is 12.4 Å². The molecule has 0 unspecified atom stereocenters. The average Bonchev–Trinajstić information content (AvgIpc) is 2.66. The van der Waals surface area contributed by atoms with Gasteiger partial charge >= 0.3 is 5.97 Å². The van der Waals surface area contributed by atoms with Crippen molar-refractivity contribution in [1.82, 2.24) is 10.3 Å². The largest absolute Gasteiger partial charge is 0.465 e. The number of amides is 1. The van der Waals surface area contributed by atoms with Crippen LogP contribution in [0.1, 0.15) is 22.8 Å². The fourth-order valence-corrected chi connectivity index (χ4v) is 3.56. The number of sulfone groups is 1. The minimum Gasteiger partial charge on any atom is -0.465 e. The van der Waals surface area contributed by atoms with Crippen LogP contribution in [0.15, 0.2) is 47.6 Å². The predicted molar refractivity (Wildman–Crippen MR) is 97.2 cm³/mol. The number of hydrogen-bond acceptors (Lipinski definition) is 8. The molecule has 0 aliphatic rings. The molecule has 2 aromatic rings. The van der Waals surface area contributed by atoms with Crippen LogP contribution in [0.5, 0.6) is 0 Å². The Labute approximate surface area is 160 Å². The molecule has 0 atom stereocenters. The van der Waals surface area contributed by atoms with E-state index in [4.69, 9.17) is 0 Å². The number of esters is 1. The van der Waals surface area contributed by atoms with Crippen molar-refractivity contribution in [3.8, 4) is 0 Å². The van der Waals surface area contributed by atoms with Crippen LogP contribution in [0.2, 0.25) is 0 Å². The fraction of sp³-hybridized carbons (Fsp3) is 0.235. The zero-order valence-electron chi connectivity index (χ0n) is 14.8. The maximum absolute atomic E-state index is 12.3. The third-order valence-corrected chi connectivity index (χ3v) is 5.17. The number of aromatic nitrogens is 1. The molecule has 1 aromatic carbocycles. The van der Waals surface area contributed by atoms with E-state index in [0.717, 1.165) is 23.8 Å². The summed E-state index contributed by atoms with van der Waals surface area (Å²) < 4.78 is 29.2. The van der Waals surface area contributed by atoms with Crippen LogP contribution >= 0.6 is 0 Å². The summed E-state index contributed by atoms with van der Waals surface area (Å²) in [6.07, 6.45) is 3.12. The second kappa shape index (κ2) is 9.04. The van der Waals surface area contributed by atoms with Crippen LogP contribution in [-0.2, 0) is 25.9 Å². The van der Waals surface area contributed by atoms with E-state index in [-0.39, 0.29) is 18.7 Å². The number of ether oxygens (including phenoxy) is 1. The predicted octanol–water partition coefficient (Wildman–Crippen LogP) is 1.26. The molecule has 0 aliphatic carbocycles. The molecule has 0 radical (unpaired) electrons. The molecule has 11 heteroatoms. The van der Waals surface area contributed by atoms with E-state index in [1.165, 1.54) is 6.92 Å². The molecule has 1 N–H and O–H groups in total. The number of carbonyl (C=O) groups excluding carboxylic acids is 2. The van der Waals surface area contributed by atoms with Gasteiger partial charge in [0.1, 0.15) is 4.90 Å². The first-order valence-electron chi connectivity index (χ1n) is 8.08. The number of benzene rings is 1. The summed E-state index contributed by atoms with van der Waals surface area (Å²) in [6, 6.07) is 6.36. The summed E-state index contributed by atoms with van der Waals surface area (Å²) in [5.74, 6) is -2.68. The molecule has 0 fully saturated rings. The van der Waals surface area contributed by atoms with Crippen molar-refractivity contribution in [3.05, 3.63) is 64.0 Å². The highest BCUT2D eigenvalue weighted by Crippen LogP contribution is 2.26. The summed E-state index contributed by atoms with van der Waals surface area (Å²) in [5.41, 5.74) is -0.164. The molecule has 28 heavy (non-hydrogen) atoms. The van der Waals surface area contributed by atoms with Gasteiger partial charge in [-0.3, -0.25) is 24.7 Å². The van der Waals surface area contributed by atoms with Gasteiger partial charge in [0.05, 0.1) is 11.5 Å². The Morgan fingerprint density at radius 3 is 2.64 bits per heavy atom. The summed E-state index contributed by atoms with van der Waals surface area (Å²) in [5, 5.41) is 13.9. The van der Waals surface area contributed by atoms with Crippen LogP contribution in [0, 0.1) is 10.1 Å². The minimum atomic E-state index is -4.31. The summed E-state index contributed by atoms with van der Waals surface area (Å²) in [7, 11) is -4.31. The highest BCUT2D eigenvalue weighted by atomic mass is 32.2. The van der Waals surface area contributed by atoms with Gasteiger partial charge in [0.2, 0.25) is 0 Å². The molecule has 0 spiro atoms. The van der Waals surface area contributed by atoms with E-state index in [0.29, 0.717) is 0 Å². The number of hydrogen-bond donors (Lipinski definition) is 1. The molecule has 2 rings (SSSR count). The lowest BCUT2D eigenvalue weighted by Crippen LogP contribution is -2.23. The Hall–Kier alpha value is -3.34. The Kier molecular flexibility index (Phi) is 6.77. The zero-order valence-corrected chi connectivity index (χ0v) is 15.6. The first kappa shape index (κ1) is 21.0. The summed E-state index contributed by atoms with van der Waals surface area (Å²) in [4.78, 5) is 37.4. The van der Waals surface area contributed by atoms with E-state index in [1.807, 2.05) is 0 Å². The van der Waals surface area contributed by atoms with Crippen LogP contribution in [0.3, 0.4) is 0 Å². The van der Waals surface area contributed by atoms with Gasteiger partial charge in [-0.1, -0.05) is 6.07 Å². The van der Waals surface area contributed by atoms with Crippen molar-refractivity contribution in [2.24, 2.45) is 0 Å². The summed E-state index contributed by atoms with van der Waals surface area (Å²) >= 11 is 0. The smallest absolute Gasteiger partial charge is 0.321 e. The number of nitro benzene ring substituents is 1. The van der Waals surface area contributed by atoms with Crippen LogP contribution in [0.25, 0.3) is 0 Å². The van der Waals surface area contributed by atoms with Crippen LogP contribution in [0.4, 0.5) is 5.69 Å². The molecular weight excluding hydrogens is 390 g/mol. The molecule has 10 nitrogen and oxygen atoms in total. The lowest BCUT2D eigenvalue weighted by atomic mass is 10.2. The number of pyridine rings is 1. The van der Waals surface area contributed by atoms with E-state index in [9.17, 15) is 28.1 Å². The highest BCUT2D eigenvalue weighted by molar-refractivity contribution is 7.92. The Bertz CT molecular complexity index is 991. The molecule has 0 saturated carbocycles. The molecule has 148 valence electrons. The molecule has 1 aromatic heterocycles. The standard InChI is InChI=1S/C17H17N3O7S/c1-2-27-16(21)11-28(25,26)15-6-5-13(8-14(15)20(23)24)17(22)19-10-12-4-3-7-18-9-12/h3-9H,2,10-11H2,1H3,(H,19,22). The topological polar surface area (TPSA) is 146 Å². The molecule has 1 amide bonds. The second-order valence-corrected chi connectivity index (χ2v) is 7.51. The number of nitrogens with zero attached hydrogens (tertiary/aromatic N) is 2. The average molecular weight is 407 g/mol. The number of rotatable bonds is 8. The third kappa shape index (κ3) is 5.33. The van der Waals surface area contributed by atoms with Crippen molar-refractivity contribution in [1.29, 1.82) is 0 Å². The maximum Gasteiger partial charge on any atom is 0.321 e. The van der Waals surface area contributed by atoms with E-state index in [1.54, 1.807) is 24.5 Å². The normalized spacial score (nSPS) is 10.9. The minimum absolute atomic E-state index is 0.0213. The van der Waals surface area contributed by atoms with Crippen LogP contribution in [-0.4, -0.2) is 42.6 Å². The van der Waals surface area contributed by atoms with Gasteiger partial charge in [0.25, 0.3) is 11.6 Å². The second-order valence-electron chi connectivity index (χ2n) is 5.55. The first-order chi connectivity index (χ1) is 13.2. The fourth-order valence-electron chi connectivity index (χ4n) is 2.29. The Morgan fingerprint density at radius 2 is 2.04 bits per heavy atom. The van der Waals surface area contributed by atoms with E-state index in [2.05, 4.69) is 15.0 Å². The molecule has 0 aliphatic heterocycles. The third-order valence-electron chi connectivity index (χ3n) is 3.54. The van der Waals surface area contributed by atoms with Gasteiger partial charge in [-0.05, 0) is 30.7 Å². The molecule has 0 saturated heterocycles. The van der Waals surface area contributed by atoms with E-state index < -0.39 is 43.0 Å². The highest BCUT2D eigenvalue weighted by Gasteiger charge is 2.29. The van der Waals surface area contributed by atoms with Crippen molar-refractivity contribution >= 4 is 27.4 Å². The van der Waals surface area contributed by atoms with Gasteiger partial charge < -0.3 is 10.1 Å². The SMILES string of the molecule is CCOC(=O)CS(=O)(=O)c1ccc(C(=O)NCc2cccnc2)cc1[N+](=O)[O-]. The Balaban J connectivity index is 2.25. The quantitative estimate of drug-likeness (QED) is 0.391. The summed E-state index contributed by atoms with van der Waals surface area (Å²) in [6.45, 7) is 1.63. The number of nitrogens with one attached hydrogen (secondary N) is 1. The van der Waals surface area contributed by atoms with E-state index >= 15 is 0 Å². The molecule has 1 heterocycles. The number of carbonyl (C=O) groups is 2. The van der Waals surface area contributed by atoms with Gasteiger partial charge in [0.15, 0.2) is 15.6 Å². The van der Waals surface area contributed by atoms with Crippen molar-refractivity contribution in [2.45, 2.75) is 18.4 Å². The lowest BCUT2D eigenvalue weighted by Gasteiger charge is -2.08.